The first-order valence-electron chi connectivity index (χ1n) is 10.5. The minimum atomic E-state index is -0.484. The van der Waals surface area contributed by atoms with Crippen molar-refractivity contribution in [2.24, 2.45) is 0 Å². The van der Waals surface area contributed by atoms with Gasteiger partial charge in [0.05, 0.1) is 5.56 Å². The molecule has 0 saturated carbocycles. The number of carbonyl (C=O) groups excluding carboxylic acids is 2. The number of aryl methyl sites for hydroxylation is 2. The van der Waals surface area contributed by atoms with Gasteiger partial charge in [-0.15, -0.1) is 11.3 Å². The largest absolute Gasteiger partial charge is 0.370 e. The molecule has 160 valence electrons. The molecule has 4 aromatic rings. The van der Waals surface area contributed by atoms with Crippen LogP contribution in [0.4, 0.5) is 11.4 Å². The number of carbonyl (C=O) groups is 2. The molecular formula is C26H23N3O2S. The molecule has 0 bridgehead atoms. The minimum Gasteiger partial charge on any atom is -0.370 e. The number of aromatic nitrogens is 1. The van der Waals surface area contributed by atoms with E-state index in [0.717, 1.165) is 33.9 Å². The van der Waals surface area contributed by atoms with Crippen LogP contribution < -0.4 is 10.6 Å². The topological polar surface area (TPSA) is 63.1 Å². The van der Waals surface area contributed by atoms with Gasteiger partial charge in [0.1, 0.15) is 6.04 Å². The molecule has 0 saturated heterocycles. The first-order chi connectivity index (χ1) is 15.5. The molecule has 5 nitrogen and oxygen atoms in total. The number of thiophene rings is 1. The van der Waals surface area contributed by atoms with Crippen LogP contribution in [0.2, 0.25) is 0 Å². The van der Waals surface area contributed by atoms with Crippen molar-refractivity contribution in [3.63, 3.8) is 0 Å². The Balaban J connectivity index is 1.43. The molecule has 0 fully saturated rings. The zero-order valence-electron chi connectivity index (χ0n) is 17.9. The van der Waals surface area contributed by atoms with E-state index in [1.165, 1.54) is 0 Å². The zero-order chi connectivity index (χ0) is 22.2. The van der Waals surface area contributed by atoms with Crippen LogP contribution in [0.1, 0.15) is 48.5 Å². The van der Waals surface area contributed by atoms with Crippen LogP contribution in [0.25, 0.3) is 0 Å². The fraction of sp³-hybridized carbons (Fsp3) is 0.154. The maximum absolute atomic E-state index is 13.6. The predicted octanol–water partition coefficient (Wildman–Crippen LogP) is 5.82. The second-order valence-corrected chi connectivity index (χ2v) is 9.15. The van der Waals surface area contributed by atoms with Crippen LogP contribution in [-0.4, -0.2) is 16.3 Å². The lowest BCUT2D eigenvalue weighted by Crippen LogP contribution is -2.22. The fourth-order valence-corrected chi connectivity index (χ4v) is 4.88. The van der Waals surface area contributed by atoms with Crippen LogP contribution in [0.15, 0.2) is 72.2 Å². The monoisotopic (exact) mass is 441 g/mol. The van der Waals surface area contributed by atoms with E-state index in [4.69, 9.17) is 0 Å². The van der Waals surface area contributed by atoms with Crippen LogP contribution in [0, 0.1) is 13.8 Å². The number of ketones is 1. The van der Waals surface area contributed by atoms with Gasteiger partial charge in [-0.1, -0.05) is 18.2 Å². The van der Waals surface area contributed by atoms with Crippen molar-refractivity contribution in [1.82, 2.24) is 4.57 Å². The minimum absolute atomic E-state index is 0.00342. The lowest BCUT2D eigenvalue weighted by molar-refractivity contribution is 0.0966. The average Bonchev–Trinajstić information content (AvgIpc) is 3.39. The van der Waals surface area contributed by atoms with Crippen molar-refractivity contribution in [2.75, 3.05) is 10.6 Å². The summed E-state index contributed by atoms with van der Waals surface area (Å²) in [6.45, 7) is 4.56. The Morgan fingerprint density at radius 2 is 1.91 bits per heavy atom. The molecular weight excluding hydrogens is 418 g/mol. The Morgan fingerprint density at radius 3 is 2.69 bits per heavy atom. The predicted molar refractivity (Wildman–Crippen MR) is 129 cm³/mol. The maximum atomic E-state index is 13.6. The van der Waals surface area contributed by atoms with Gasteiger partial charge in [0.15, 0.2) is 5.78 Å². The van der Waals surface area contributed by atoms with Gasteiger partial charge in [-0.25, -0.2) is 0 Å². The highest BCUT2D eigenvalue weighted by molar-refractivity contribution is 7.10. The van der Waals surface area contributed by atoms with E-state index in [-0.39, 0.29) is 11.7 Å². The SMILES string of the molecule is Cc1cc(C(=O)C2Nc3ccccc3Cn3cccc32)ccc1NC(=O)c1ccsc1C. The Bertz CT molecular complexity index is 1330. The molecule has 5 rings (SSSR count). The van der Waals surface area contributed by atoms with Crippen molar-refractivity contribution in [1.29, 1.82) is 0 Å². The highest BCUT2D eigenvalue weighted by Gasteiger charge is 2.28. The van der Waals surface area contributed by atoms with Crippen LogP contribution in [-0.2, 0) is 6.54 Å². The van der Waals surface area contributed by atoms with Crippen LogP contribution in [0.3, 0.4) is 0 Å². The van der Waals surface area contributed by atoms with Gasteiger partial charge >= 0.3 is 0 Å². The molecule has 0 radical (unpaired) electrons. The molecule has 1 aliphatic heterocycles. The highest BCUT2D eigenvalue weighted by atomic mass is 32.1. The highest BCUT2D eigenvalue weighted by Crippen LogP contribution is 2.31. The molecule has 2 aromatic carbocycles. The number of hydrogen-bond acceptors (Lipinski definition) is 4. The number of nitrogens with one attached hydrogen (secondary N) is 2. The third kappa shape index (κ3) is 3.63. The number of nitrogens with zero attached hydrogens (tertiary/aromatic N) is 1. The van der Waals surface area contributed by atoms with Gasteiger partial charge < -0.3 is 15.2 Å². The molecule has 32 heavy (non-hydrogen) atoms. The standard InChI is InChI=1S/C26H23N3O2S/c1-16-14-18(9-10-21(16)28-26(31)20-11-13-32-17(20)2)25(30)24-23-8-5-12-29(23)15-19-6-3-4-7-22(19)27-24/h3-14,24,27H,15H2,1-2H3,(H,28,31). The van der Waals surface area contributed by atoms with E-state index >= 15 is 0 Å². The summed E-state index contributed by atoms with van der Waals surface area (Å²) < 4.78 is 2.12. The summed E-state index contributed by atoms with van der Waals surface area (Å²) in [7, 11) is 0. The van der Waals surface area contributed by atoms with Crippen molar-refractivity contribution in [3.05, 3.63) is 105 Å². The summed E-state index contributed by atoms with van der Waals surface area (Å²) in [6.07, 6.45) is 2.01. The number of benzene rings is 2. The summed E-state index contributed by atoms with van der Waals surface area (Å²) in [5, 5.41) is 8.33. The number of fused-ring (bicyclic) bond motifs is 2. The zero-order valence-corrected chi connectivity index (χ0v) is 18.7. The first-order valence-corrected chi connectivity index (χ1v) is 11.4. The normalized spacial score (nSPS) is 14.6. The second-order valence-electron chi connectivity index (χ2n) is 8.03. The molecule has 0 spiro atoms. The van der Waals surface area contributed by atoms with E-state index < -0.39 is 6.04 Å². The molecule has 1 unspecified atom stereocenters. The maximum Gasteiger partial charge on any atom is 0.256 e. The summed E-state index contributed by atoms with van der Waals surface area (Å²) in [5.41, 5.74) is 5.91. The quantitative estimate of drug-likeness (QED) is 0.393. The number of rotatable bonds is 4. The fourth-order valence-electron chi connectivity index (χ4n) is 4.18. The number of hydrogen-bond donors (Lipinski definition) is 2. The van der Waals surface area contributed by atoms with Crippen molar-refractivity contribution < 1.29 is 9.59 Å². The Labute approximate surface area is 190 Å². The van der Waals surface area contributed by atoms with Gasteiger partial charge in [0.2, 0.25) is 0 Å². The third-order valence-electron chi connectivity index (χ3n) is 5.94. The molecule has 1 atom stereocenters. The van der Waals surface area contributed by atoms with Crippen molar-refractivity contribution in [2.45, 2.75) is 26.4 Å². The molecule has 1 amide bonds. The van der Waals surface area contributed by atoms with E-state index in [2.05, 4.69) is 21.3 Å². The van der Waals surface area contributed by atoms with Crippen LogP contribution >= 0.6 is 11.3 Å². The van der Waals surface area contributed by atoms with E-state index in [9.17, 15) is 9.59 Å². The summed E-state index contributed by atoms with van der Waals surface area (Å²) in [4.78, 5) is 27.2. The number of para-hydroxylation sites is 1. The van der Waals surface area contributed by atoms with Gasteiger partial charge in [-0.2, -0.15) is 0 Å². The molecule has 0 aliphatic carbocycles. The van der Waals surface area contributed by atoms with Gasteiger partial charge in [-0.3, -0.25) is 9.59 Å². The van der Waals surface area contributed by atoms with Crippen molar-refractivity contribution >= 4 is 34.4 Å². The lowest BCUT2D eigenvalue weighted by atomic mass is 9.98. The third-order valence-corrected chi connectivity index (χ3v) is 6.79. The van der Waals surface area contributed by atoms with E-state index in [0.29, 0.717) is 16.8 Å². The lowest BCUT2D eigenvalue weighted by Gasteiger charge is -2.19. The molecule has 3 heterocycles. The Hall–Kier alpha value is -3.64. The van der Waals surface area contributed by atoms with Gasteiger partial charge in [-0.05, 0) is 72.8 Å². The summed E-state index contributed by atoms with van der Waals surface area (Å²) in [5.74, 6) is -0.137. The molecule has 2 aromatic heterocycles. The molecule has 6 heteroatoms. The van der Waals surface area contributed by atoms with Gasteiger partial charge in [0.25, 0.3) is 5.91 Å². The van der Waals surface area contributed by atoms with E-state index in [1.54, 1.807) is 17.4 Å². The van der Waals surface area contributed by atoms with Crippen LogP contribution in [0.5, 0.6) is 0 Å². The second kappa shape index (κ2) is 8.13. The Kier molecular flexibility index (Phi) is 5.15. The summed E-state index contributed by atoms with van der Waals surface area (Å²) in [6, 6.07) is 18.8. The average molecular weight is 442 g/mol. The molecule has 2 N–H and O–H groups in total. The van der Waals surface area contributed by atoms with Crippen molar-refractivity contribution in [3.8, 4) is 0 Å². The smallest absolute Gasteiger partial charge is 0.256 e. The summed E-state index contributed by atoms with van der Waals surface area (Å²) >= 11 is 1.55. The Morgan fingerprint density at radius 1 is 1.06 bits per heavy atom. The number of Topliss-reactive ketones (excluding diaryl/α,β-unsaturated/α-hetero) is 1. The van der Waals surface area contributed by atoms with Gasteiger partial charge in [0, 0.05) is 40.3 Å². The molecule has 1 aliphatic rings. The number of amides is 1. The first kappa shape index (κ1) is 20.3. The van der Waals surface area contributed by atoms with E-state index in [1.807, 2.05) is 74.0 Å². The number of anilines is 2.